The normalized spacial score (nSPS) is 13.8. The first-order valence-electron chi connectivity index (χ1n) is 6.92. The Morgan fingerprint density at radius 1 is 1.27 bits per heavy atom. The van der Waals surface area contributed by atoms with Crippen LogP contribution >= 0.6 is 0 Å². The minimum atomic E-state index is -0.529. The highest BCUT2D eigenvalue weighted by Crippen LogP contribution is 2.16. The fraction of sp³-hybridized carbons (Fsp3) is 0.267. The average Bonchev–Trinajstić information content (AvgIpc) is 2.54. The first-order chi connectivity index (χ1) is 10.6. The molecule has 0 fully saturated rings. The van der Waals surface area contributed by atoms with E-state index in [0.29, 0.717) is 35.3 Å². The number of carbonyl (C=O) groups is 1. The Morgan fingerprint density at radius 2 is 2.09 bits per heavy atom. The number of nitrogens with one attached hydrogen (secondary N) is 2. The Labute approximate surface area is 125 Å². The van der Waals surface area contributed by atoms with Gasteiger partial charge in [-0.25, -0.2) is 4.79 Å². The molecule has 0 radical (unpaired) electrons. The van der Waals surface area contributed by atoms with Crippen LogP contribution in [0.5, 0.6) is 0 Å². The predicted octanol–water partition coefficient (Wildman–Crippen LogP) is -0.246. The van der Waals surface area contributed by atoms with Gasteiger partial charge in [-0.3, -0.25) is 14.6 Å². The first kappa shape index (κ1) is 14.3. The van der Waals surface area contributed by atoms with Crippen molar-refractivity contribution in [3.8, 4) is 0 Å². The molecule has 0 saturated heterocycles. The third-order valence-electron chi connectivity index (χ3n) is 3.75. The van der Waals surface area contributed by atoms with Crippen molar-refractivity contribution in [2.45, 2.75) is 19.6 Å². The van der Waals surface area contributed by atoms with Gasteiger partial charge in [-0.05, 0) is 17.7 Å². The van der Waals surface area contributed by atoms with Crippen LogP contribution < -0.4 is 11.2 Å². The second-order valence-electron chi connectivity index (χ2n) is 5.20. The number of hydrogen-bond acceptors (Lipinski definition) is 4. The molecule has 3 rings (SSSR count). The number of aliphatic hydroxyl groups excluding tert-OH is 1. The number of H-pyrrole nitrogens is 2. The average molecular weight is 301 g/mol. The van der Waals surface area contributed by atoms with Gasteiger partial charge in [-0.1, -0.05) is 12.1 Å². The lowest BCUT2D eigenvalue weighted by atomic mass is 10.0. The van der Waals surface area contributed by atoms with Crippen molar-refractivity contribution in [1.82, 2.24) is 14.9 Å². The standard InChI is InChI=1S/C15H15N3O4/c19-8-9-2-1-3-10(6-9)14(21)18-5-4-12-11(7-18)13(20)17-15(22)16-12/h1-3,6,19H,4-5,7-8H2,(H2,16,17,20,22). The SMILES string of the molecule is O=C(c1cccc(CO)c1)N1CCc2[nH]c(=O)[nH]c(=O)c2C1. The fourth-order valence-corrected chi connectivity index (χ4v) is 2.62. The van der Waals surface area contributed by atoms with Crippen molar-refractivity contribution in [1.29, 1.82) is 0 Å². The van der Waals surface area contributed by atoms with Crippen molar-refractivity contribution >= 4 is 5.91 Å². The molecule has 0 atom stereocenters. The number of hydrogen-bond donors (Lipinski definition) is 3. The zero-order valence-electron chi connectivity index (χ0n) is 11.8. The highest BCUT2D eigenvalue weighted by atomic mass is 16.3. The highest BCUT2D eigenvalue weighted by molar-refractivity contribution is 5.94. The number of amides is 1. The van der Waals surface area contributed by atoms with Crippen molar-refractivity contribution in [3.63, 3.8) is 0 Å². The fourth-order valence-electron chi connectivity index (χ4n) is 2.62. The molecule has 114 valence electrons. The van der Waals surface area contributed by atoms with E-state index < -0.39 is 11.2 Å². The first-order valence-corrected chi connectivity index (χ1v) is 6.92. The van der Waals surface area contributed by atoms with E-state index in [-0.39, 0.29) is 19.1 Å². The van der Waals surface area contributed by atoms with Gasteiger partial charge < -0.3 is 15.0 Å². The minimum absolute atomic E-state index is 0.134. The summed E-state index contributed by atoms with van der Waals surface area (Å²) in [4.78, 5) is 42.0. The maximum atomic E-state index is 12.5. The summed E-state index contributed by atoms with van der Waals surface area (Å²) in [6.45, 7) is 0.447. The van der Waals surface area contributed by atoms with Gasteiger partial charge >= 0.3 is 5.69 Å². The van der Waals surface area contributed by atoms with Crippen LogP contribution in [0.15, 0.2) is 33.9 Å². The van der Waals surface area contributed by atoms with E-state index in [1.165, 1.54) is 0 Å². The van der Waals surface area contributed by atoms with Crippen molar-refractivity contribution < 1.29 is 9.90 Å². The number of aromatic amines is 2. The summed E-state index contributed by atoms with van der Waals surface area (Å²) in [5, 5.41) is 9.14. The lowest BCUT2D eigenvalue weighted by molar-refractivity contribution is 0.0732. The molecule has 3 N–H and O–H groups in total. The molecule has 1 aliphatic heterocycles. The number of aromatic nitrogens is 2. The Kier molecular flexibility index (Phi) is 3.64. The highest BCUT2D eigenvalue weighted by Gasteiger charge is 2.24. The molecule has 2 heterocycles. The molecule has 1 aliphatic rings. The second kappa shape index (κ2) is 5.61. The van der Waals surface area contributed by atoms with Crippen LogP contribution in [0.1, 0.15) is 27.2 Å². The maximum Gasteiger partial charge on any atom is 0.325 e. The van der Waals surface area contributed by atoms with Crippen LogP contribution in [0.25, 0.3) is 0 Å². The van der Waals surface area contributed by atoms with Gasteiger partial charge in [-0.2, -0.15) is 0 Å². The second-order valence-corrected chi connectivity index (χ2v) is 5.20. The topological polar surface area (TPSA) is 106 Å². The molecule has 1 aromatic carbocycles. The van der Waals surface area contributed by atoms with E-state index in [2.05, 4.69) is 9.97 Å². The lowest BCUT2D eigenvalue weighted by Gasteiger charge is -2.27. The molecule has 0 unspecified atom stereocenters. The number of rotatable bonds is 2. The number of benzene rings is 1. The molecular weight excluding hydrogens is 286 g/mol. The molecule has 7 heteroatoms. The van der Waals surface area contributed by atoms with Gasteiger partial charge in [0.25, 0.3) is 11.5 Å². The van der Waals surface area contributed by atoms with E-state index in [9.17, 15) is 14.4 Å². The van der Waals surface area contributed by atoms with E-state index in [4.69, 9.17) is 5.11 Å². The van der Waals surface area contributed by atoms with E-state index in [1.54, 1.807) is 29.2 Å². The summed E-state index contributed by atoms with van der Waals surface area (Å²) in [5.74, 6) is -0.202. The zero-order valence-corrected chi connectivity index (χ0v) is 11.8. The lowest BCUT2D eigenvalue weighted by Crippen LogP contribution is -2.41. The van der Waals surface area contributed by atoms with Gasteiger partial charge in [0.15, 0.2) is 0 Å². The number of aliphatic hydroxyl groups is 1. The number of fused-ring (bicyclic) bond motifs is 1. The van der Waals surface area contributed by atoms with Crippen LogP contribution in [-0.4, -0.2) is 32.4 Å². The van der Waals surface area contributed by atoms with Gasteiger partial charge in [0, 0.05) is 24.2 Å². The largest absolute Gasteiger partial charge is 0.392 e. The van der Waals surface area contributed by atoms with Crippen LogP contribution in [0, 0.1) is 0 Å². The van der Waals surface area contributed by atoms with E-state index in [1.807, 2.05) is 0 Å². The molecule has 1 amide bonds. The Hall–Kier alpha value is -2.67. The van der Waals surface area contributed by atoms with Crippen LogP contribution in [0.2, 0.25) is 0 Å². The number of nitrogens with zero attached hydrogens (tertiary/aromatic N) is 1. The molecular formula is C15H15N3O4. The van der Waals surface area contributed by atoms with Gasteiger partial charge in [-0.15, -0.1) is 0 Å². The van der Waals surface area contributed by atoms with E-state index >= 15 is 0 Å². The molecule has 0 saturated carbocycles. The summed E-state index contributed by atoms with van der Waals surface area (Å²) < 4.78 is 0. The van der Waals surface area contributed by atoms with Gasteiger partial charge in [0.1, 0.15) is 0 Å². The third-order valence-corrected chi connectivity index (χ3v) is 3.75. The zero-order chi connectivity index (χ0) is 15.7. The summed E-state index contributed by atoms with van der Waals surface area (Å²) in [5.41, 5.74) is 1.14. The molecule has 1 aromatic heterocycles. The summed E-state index contributed by atoms with van der Waals surface area (Å²) in [7, 11) is 0. The maximum absolute atomic E-state index is 12.5. The molecule has 22 heavy (non-hydrogen) atoms. The summed E-state index contributed by atoms with van der Waals surface area (Å²) >= 11 is 0. The van der Waals surface area contributed by atoms with Crippen LogP contribution in [0.3, 0.4) is 0 Å². The summed E-state index contributed by atoms with van der Waals surface area (Å²) in [6.07, 6.45) is 0.430. The van der Waals surface area contributed by atoms with Crippen molar-refractivity contribution in [2.75, 3.05) is 6.54 Å². The molecule has 0 aliphatic carbocycles. The summed E-state index contributed by atoms with van der Waals surface area (Å²) in [6, 6.07) is 6.75. The third kappa shape index (κ3) is 2.58. The predicted molar refractivity (Wildman–Crippen MR) is 78.5 cm³/mol. The van der Waals surface area contributed by atoms with Gasteiger partial charge in [0.05, 0.1) is 18.7 Å². The van der Waals surface area contributed by atoms with E-state index in [0.717, 1.165) is 0 Å². The monoisotopic (exact) mass is 301 g/mol. The Morgan fingerprint density at radius 3 is 2.86 bits per heavy atom. The van der Waals surface area contributed by atoms with Crippen molar-refractivity contribution in [2.24, 2.45) is 0 Å². The molecule has 2 aromatic rings. The Bertz CT molecular complexity index is 837. The number of carbonyl (C=O) groups excluding carboxylic acids is 1. The van der Waals surface area contributed by atoms with Gasteiger partial charge in [0.2, 0.25) is 0 Å². The molecule has 0 bridgehead atoms. The van der Waals surface area contributed by atoms with Crippen LogP contribution in [0.4, 0.5) is 0 Å². The molecule has 0 spiro atoms. The molecule has 7 nitrogen and oxygen atoms in total. The quantitative estimate of drug-likeness (QED) is 0.711. The Balaban J connectivity index is 1.89. The smallest absolute Gasteiger partial charge is 0.325 e. The van der Waals surface area contributed by atoms with Crippen molar-refractivity contribution in [3.05, 3.63) is 67.5 Å². The minimum Gasteiger partial charge on any atom is -0.392 e. The van der Waals surface area contributed by atoms with Crippen LogP contribution in [-0.2, 0) is 19.6 Å².